The number of hydrogen-bond acceptors (Lipinski definition) is 6. The maximum Gasteiger partial charge on any atom is 0.337 e. The molecule has 1 heterocycles. The fourth-order valence-electron chi connectivity index (χ4n) is 4.62. The number of allylic oxidation sites excluding steroid dienone is 1. The quantitative estimate of drug-likeness (QED) is 0.457. The number of fused-ring (bicyclic) bond motifs is 1. The molecule has 1 aromatic rings. The van der Waals surface area contributed by atoms with Gasteiger partial charge in [0.25, 0.3) is 0 Å². The molecule has 0 unspecified atom stereocenters. The van der Waals surface area contributed by atoms with Gasteiger partial charge in [0.1, 0.15) is 0 Å². The molecule has 1 aliphatic carbocycles. The van der Waals surface area contributed by atoms with Gasteiger partial charge in [0.15, 0.2) is 0 Å². The molecular weight excluding hydrogens is 368 g/mol. The number of hydrogen-bond donors (Lipinski definition) is 2. The van der Waals surface area contributed by atoms with Crippen LogP contribution in [0.4, 0.5) is 5.69 Å². The van der Waals surface area contributed by atoms with Crippen LogP contribution < -0.4 is 16.5 Å². The molecule has 4 N–H and O–H groups in total. The highest BCUT2D eigenvalue weighted by Crippen LogP contribution is 2.41. The number of rotatable bonds is 4. The van der Waals surface area contributed by atoms with Crippen LogP contribution >= 0.6 is 0 Å². The highest BCUT2D eigenvalue weighted by atomic mass is 16.5. The summed E-state index contributed by atoms with van der Waals surface area (Å²) in [5.74, 6) is 6.46. The second-order valence-corrected chi connectivity index (χ2v) is 8.23. The van der Waals surface area contributed by atoms with Crippen molar-refractivity contribution in [3.8, 4) is 0 Å². The largest absolute Gasteiger partial charge is 0.465 e. The van der Waals surface area contributed by atoms with Crippen LogP contribution in [0.3, 0.4) is 0 Å². The van der Waals surface area contributed by atoms with E-state index in [1.165, 1.54) is 26.4 Å². The highest BCUT2D eigenvalue weighted by Gasteiger charge is 2.35. The molecule has 158 valence electrons. The fraction of sp³-hybridized carbons (Fsp3) is 0.545. The van der Waals surface area contributed by atoms with Crippen molar-refractivity contribution in [2.75, 3.05) is 18.6 Å². The number of anilines is 1. The first-order chi connectivity index (χ1) is 13.8. The number of amides is 1. The highest BCUT2D eigenvalue weighted by molar-refractivity contribution is 5.95. The molecule has 1 aliphatic heterocycles. The maximum atomic E-state index is 12.2. The van der Waals surface area contributed by atoms with Gasteiger partial charge in [0, 0.05) is 42.5 Å². The number of ether oxygens (including phenoxy) is 1. The molecule has 0 radical (unpaired) electrons. The van der Waals surface area contributed by atoms with Gasteiger partial charge in [-0.15, -0.1) is 0 Å². The van der Waals surface area contributed by atoms with Gasteiger partial charge in [0.05, 0.1) is 18.7 Å². The van der Waals surface area contributed by atoms with Gasteiger partial charge < -0.3 is 20.4 Å². The average molecular weight is 401 g/mol. The van der Waals surface area contributed by atoms with Crippen molar-refractivity contribution < 1.29 is 14.3 Å². The molecule has 7 nitrogen and oxygen atoms in total. The lowest BCUT2D eigenvalue weighted by molar-refractivity contribution is -0.116. The van der Waals surface area contributed by atoms with Gasteiger partial charge in [-0.1, -0.05) is 26.2 Å². The van der Waals surface area contributed by atoms with Gasteiger partial charge >= 0.3 is 5.97 Å². The fourth-order valence-corrected chi connectivity index (χ4v) is 4.62. The predicted molar refractivity (Wildman–Crippen MR) is 113 cm³/mol. The Bertz CT molecular complexity index is 801. The summed E-state index contributed by atoms with van der Waals surface area (Å²) in [5.41, 5.74) is 9.24. The molecule has 7 heteroatoms. The van der Waals surface area contributed by atoms with Crippen molar-refractivity contribution in [1.29, 1.82) is 0 Å². The van der Waals surface area contributed by atoms with Crippen molar-refractivity contribution in [3.63, 3.8) is 0 Å². The molecule has 0 bridgehead atoms. The van der Waals surface area contributed by atoms with E-state index >= 15 is 0 Å². The number of carbonyl (C=O) groups is 2. The third-order valence-electron chi connectivity index (χ3n) is 6.14. The van der Waals surface area contributed by atoms with E-state index in [2.05, 4.69) is 6.92 Å². The molecule has 1 aromatic carbocycles. The first kappa shape index (κ1) is 21.2. The van der Waals surface area contributed by atoms with Crippen LogP contribution in [0.25, 0.3) is 0 Å². The number of carbonyl (C=O) groups excluding carboxylic acids is 2. The van der Waals surface area contributed by atoms with E-state index in [0.29, 0.717) is 18.0 Å². The van der Waals surface area contributed by atoms with Gasteiger partial charge in [-0.05, 0) is 37.0 Å². The third kappa shape index (κ3) is 4.40. The zero-order chi connectivity index (χ0) is 21.1. The number of benzene rings is 1. The van der Waals surface area contributed by atoms with E-state index in [1.807, 2.05) is 6.20 Å². The molecule has 1 amide bonds. The number of methoxy groups -OCH3 is 1. The molecule has 2 atom stereocenters. The molecule has 0 spiro atoms. The van der Waals surface area contributed by atoms with E-state index < -0.39 is 5.97 Å². The Balaban J connectivity index is 1.98. The van der Waals surface area contributed by atoms with Gasteiger partial charge in [-0.2, -0.15) is 0 Å². The molecule has 0 aromatic heterocycles. The minimum Gasteiger partial charge on any atom is -0.465 e. The van der Waals surface area contributed by atoms with Crippen LogP contribution in [-0.4, -0.2) is 30.5 Å². The Morgan fingerprint density at radius 3 is 2.55 bits per heavy atom. The van der Waals surface area contributed by atoms with E-state index in [4.69, 9.17) is 16.3 Å². The number of nitrogens with two attached hydrogens (primary N) is 2. The van der Waals surface area contributed by atoms with Crippen LogP contribution in [0.2, 0.25) is 0 Å². The van der Waals surface area contributed by atoms with Crippen LogP contribution in [-0.2, 0) is 9.53 Å². The standard InChI is InChI=1S/C22H32N4O3/c1-14-12-25(15(2)27)20-10-9-17(22(28)29-3)11-18(20)21(14)26(24)13-19(23)16-7-5-4-6-8-16/h9-11,13-14,16,21H,4-8,12,23-24H2,1-3H3/b19-13-/t14-,21+/m1/s1. The Morgan fingerprint density at radius 1 is 1.24 bits per heavy atom. The normalized spacial score (nSPS) is 22.8. The van der Waals surface area contributed by atoms with E-state index in [-0.39, 0.29) is 17.9 Å². The SMILES string of the molecule is COC(=O)c1ccc2c(c1)[C@@H](N(N)/C=C(\N)C1CCCCC1)[C@H](C)CN2C(C)=O. The lowest BCUT2D eigenvalue weighted by Gasteiger charge is -2.42. The monoisotopic (exact) mass is 400 g/mol. The zero-order valence-corrected chi connectivity index (χ0v) is 17.6. The van der Waals surface area contributed by atoms with Crippen LogP contribution in [0.1, 0.15) is 67.9 Å². The summed E-state index contributed by atoms with van der Waals surface area (Å²) in [6.07, 6.45) is 7.69. The van der Waals surface area contributed by atoms with Crippen molar-refractivity contribution >= 4 is 17.6 Å². The summed E-state index contributed by atoms with van der Waals surface area (Å²) in [7, 11) is 1.35. The first-order valence-corrected chi connectivity index (χ1v) is 10.3. The van der Waals surface area contributed by atoms with Crippen LogP contribution in [0.5, 0.6) is 0 Å². The molecule has 3 rings (SSSR count). The summed E-state index contributed by atoms with van der Waals surface area (Å²) in [5, 5.41) is 1.66. The molecule has 2 aliphatic rings. The minimum atomic E-state index is -0.417. The number of nitrogens with zero attached hydrogens (tertiary/aromatic N) is 2. The first-order valence-electron chi connectivity index (χ1n) is 10.3. The molecule has 1 saturated carbocycles. The van der Waals surface area contributed by atoms with E-state index in [0.717, 1.165) is 29.8 Å². The van der Waals surface area contributed by atoms with Gasteiger partial charge in [-0.3, -0.25) is 4.79 Å². The third-order valence-corrected chi connectivity index (χ3v) is 6.14. The van der Waals surface area contributed by atoms with Crippen LogP contribution in [0.15, 0.2) is 30.1 Å². The Morgan fingerprint density at radius 2 is 1.93 bits per heavy atom. The molecular formula is C22H32N4O3. The molecule has 1 fully saturated rings. The summed E-state index contributed by atoms with van der Waals surface area (Å²) in [6.45, 7) is 4.15. The molecule has 0 saturated heterocycles. The number of esters is 1. The molecule has 29 heavy (non-hydrogen) atoms. The maximum absolute atomic E-state index is 12.2. The van der Waals surface area contributed by atoms with Crippen molar-refractivity contribution in [2.45, 2.75) is 52.0 Å². The van der Waals surface area contributed by atoms with Gasteiger partial charge in [-0.25, -0.2) is 10.6 Å². The minimum absolute atomic E-state index is 0.0387. The lowest BCUT2D eigenvalue weighted by Crippen LogP contribution is -2.46. The lowest BCUT2D eigenvalue weighted by atomic mass is 9.85. The van der Waals surface area contributed by atoms with Crippen molar-refractivity contribution in [3.05, 3.63) is 41.2 Å². The second-order valence-electron chi connectivity index (χ2n) is 8.23. The zero-order valence-electron chi connectivity index (χ0n) is 17.6. The predicted octanol–water partition coefficient (Wildman–Crippen LogP) is 3.07. The van der Waals surface area contributed by atoms with Gasteiger partial charge in [0.2, 0.25) is 5.91 Å². The number of hydrazine groups is 1. The summed E-state index contributed by atoms with van der Waals surface area (Å²) in [4.78, 5) is 26.0. The van der Waals surface area contributed by atoms with Crippen LogP contribution in [0, 0.1) is 11.8 Å². The summed E-state index contributed by atoms with van der Waals surface area (Å²) >= 11 is 0. The van der Waals surface area contributed by atoms with Crippen molar-refractivity contribution in [1.82, 2.24) is 5.01 Å². The Labute approximate surface area is 172 Å². The van der Waals surface area contributed by atoms with E-state index in [1.54, 1.807) is 35.0 Å². The van der Waals surface area contributed by atoms with Crippen molar-refractivity contribution in [2.24, 2.45) is 23.4 Å². The second kappa shape index (κ2) is 8.86. The smallest absolute Gasteiger partial charge is 0.337 e. The summed E-state index contributed by atoms with van der Waals surface area (Å²) in [6, 6.07) is 5.06. The Hall–Kier alpha value is -2.54. The Kier molecular flexibility index (Phi) is 6.47. The average Bonchev–Trinajstić information content (AvgIpc) is 2.72. The topological polar surface area (TPSA) is 102 Å². The summed E-state index contributed by atoms with van der Waals surface area (Å²) < 4.78 is 4.87. The van der Waals surface area contributed by atoms with E-state index in [9.17, 15) is 9.59 Å².